The van der Waals surface area contributed by atoms with Crippen LogP contribution in [0.25, 0.3) is 0 Å². The Morgan fingerprint density at radius 3 is 2.41 bits per heavy atom. The molecule has 0 aromatic heterocycles. The zero-order valence-electron chi connectivity index (χ0n) is 21.6. The van der Waals surface area contributed by atoms with Crippen molar-refractivity contribution >= 4 is 29.0 Å². The summed E-state index contributed by atoms with van der Waals surface area (Å²) in [5, 5.41) is 3.05. The van der Waals surface area contributed by atoms with Gasteiger partial charge in [-0.15, -0.1) is 0 Å². The average molecular weight is 507 g/mol. The fraction of sp³-hybridized carbons (Fsp3) is 0.483. The van der Waals surface area contributed by atoms with E-state index >= 15 is 0 Å². The molecule has 3 aliphatic rings. The number of carbonyl (C=O) groups is 2. The summed E-state index contributed by atoms with van der Waals surface area (Å²) in [5.74, 6) is 0.115. The first kappa shape index (κ1) is 25.4. The Labute approximate surface area is 217 Å². The largest absolute Gasteiger partial charge is 0.378 e. The zero-order valence-corrected chi connectivity index (χ0v) is 21.6. The van der Waals surface area contributed by atoms with Crippen molar-refractivity contribution in [3.63, 3.8) is 0 Å². The minimum Gasteiger partial charge on any atom is -0.378 e. The van der Waals surface area contributed by atoms with Crippen LogP contribution in [0.4, 0.5) is 15.8 Å². The molecule has 8 heteroatoms. The van der Waals surface area contributed by atoms with Gasteiger partial charge in [-0.2, -0.15) is 4.99 Å². The van der Waals surface area contributed by atoms with Crippen LogP contribution in [0.2, 0.25) is 0 Å². The van der Waals surface area contributed by atoms with Gasteiger partial charge in [0.15, 0.2) is 0 Å². The highest BCUT2D eigenvalue weighted by atomic mass is 19.1. The molecule has 0 bridgehead atoms. The third-order valence-electron chi connectivity index (χ3n) is 7.52. The summed E-state index contributed by atoms with van der Waals surface area (Å²) in [4.78, 5) is 34.8. The van der Waals surface area contributed by atoms with Crippen molar-refractivity contribution in [1.29, 1.82) is 0 Å². The SMILES string of the molecule is CC(C)NC(=O)C1CCC(N2C(=NC(=O)c3ccc(F)cc3)Cc3ccc(N4CCOCC4)cc32)CC1. The Balaban J connectivity index is 1.42. The summed E-state index contributed by atoms with van der Waals surface area (Å²) >= 11 is 0. The van der Waals surface area contributed by atoms with Gasteiger partial charge in [-0.3, -0.25) is 9.59 Å². The molecule has 5 rings (SSSR count). The number of nitrogens with zero attached hydrogens (tertiary/aromatic N) is 3. The highest BCUT2D eigenvalue weighted by molar-refractivity contribution is 6.13. The third-order valence-corrected chi connectivity index (χ3v) is 7.52. The number of ether oxygens (including phenoxy) is 1. The van der Waals surface area contributed by atoms with Crippen LogP contribution >= 0.6 is 0 Å². The maximum absolute atomic E-state index is 13.4. The molecule has 7 nitrogen and oxygen atoms in total. The van der Waals surface area contributed by atoms with E-state index in [-0.39, 0.29) is 35.6 Å². The molecule has 0 spiro atoms. The van der Waals surface area contributed by atoms with Crippen LogP contribution in [-0.4, -0.2) is 56.0 Å². The molecule has 0 unspecified atom stereocenters. The molecule has 0 radical (unpaired) electrons. The highest BCUT2D eigenvalue weighted by Crippen LogP contribution is 2.39. The second-order valence-electron chi connectivity index (χ2n) is 10.5. The Morgan fingerprint density at radius 1 is 1.03 bits per heavy atom. The number of carbonyl (C=O) groups excluding carboxylic acids is 2. The lowest BCUT2D eigenvalue weighted by Gasteiger charge is -2.36. The number of amides is 2. The summed E-state index contributed by atoms with van der Waals surface area (Å²) in [6.45, 7) is 7.08. The highest BCUT2D eigenvalue weighted by Gasteiger charge is 2.36. The maximum atomic E-state index is 13.4. The Bertz CT molecular complexity index is 1170. The Kier molecular flexibility index (Phi) is 7.55. The first-order chi connectivity index (χ1) is 17.9. The summed E-state index contributed by atoms with van der Waals surface area (Å²) in [7, 11) is 0. The minimum atomic E-state index is -0.381. The molecule has 2 aromatic rings. The molecule has 2 heterocycles. The van der Waals surface area contributed by atoms with Crippen LogP contribution < -0.4 is 15.1 Å². The van der Waals surface area contributed by atoms with Gasteiger partial charge in [-0.05, 0) is 81.5 Å². The van der Waals surface area contributed by atoms with E-state index < -0.39 is 0 Å². The van der Waals surface area contributed by atoms with E-state index in [0.717, 1.165) is 61.5 Å². The summed E-state index contributed by atoms with van der Waals surface area (Å²) in [5.41, 5.74) is 3.74. The fourth-order valence-electron chi connectivity index (χ4n) is 5.61. The number of morpholine rings is 1. The lowest BCUT2D eigenvalue weighted by molar-refractivity contribution is -0.126. The van der Waals surface area contributed by atoms with Crippen LogP contribution in [0.5, 0.6) is 0 Å². The minimum absolute atomic E-state index is 0.0154. The van der Waals surface area contributed by atoms with Gasteiger partial charge in [0, 0.05) is 54.5 Å². The Morgan fingerprint density at radius 2 is 1.73 bits per heavy atom. The molecule has 196 valence electrons. The number of halogens is 1. The van der Waals surface area contributed by atoms with E-state index in [1.807, 2.05) is 13.8 Å². The van der Waals surface area contributed by atoms with E-state index in [1.54, 1.807) is 0 Å². The molecule has 1 aliphatic carbocycles. The molecule has 2 amide bonds. The van der Waals surface area contributed by atoms with Crippen molar-refractivity contribution in [3.8, 4) is 0 Å². The molecule has 1 N–H and O–H groups in total. The van der Waals surface area contributed by atoms with Crippen LogP contribution in [0, 0.1) is 11.7 Å². The van der Waals surface area contributed by atoms with Crippen LogP contribution in [-0.2, 0) is 16.0 Å². The smallest absolute Gasteiger partial charge is 0.278 e. The lowest BCUT2D eigenvalue weighted by atomic mass is 9.84. The quantitative estimate of drug-likeness (QED) is 0.653. The second-order valence-corrected chi connectivity index (χ2v) is 10.5. The van der Waals surface area contributed by atoms with E-state index in [1.165, 1.54) is 24.3 Å². The zero-order chi connectivity index (χ0) is 25.9. The number of hydrogen-bond donors (Lipinski definition) is 1. The van der Waals surface area contributed by atoms with Gasteiger partial charge in [-0.25, -0.2) is 4.39 Å². The van der Waals surface area contributed by atoms with Crippen molar-refractivity contribution in [2.75, 3.05) is 36.1 Å². The first-order valence-electron chi connectivity index (χ1n) is 13.3. The number of amidine groups is 1. The van der Waals surface area contributed by atoms with E-state index in [0.29, 0.717) is 25.2 Å². The number of hydrogen-bond acceptors (Lipinski definition) is 4. The molecule has 37 heavy (non-hydrogen) atoms. The standard InChI is InChI=1S/C29H35FN4O3/c1-19(2)31-28(35)21-5-10-24(11-6-21)34-26-18-25(33-13-15-37-16-14-33)12-7-22(26)17-27(34)32-29(36)20-3-8-23(30)9-4-20/h3-4,7-9,12,18-19,21,24H,5-6,10-11,13-17H2,1-2H3,(H,31,35). The second kappa shape index (κ2) is 11.0. The molecule has 2 fully saturated rings. The lowest BCUT2D eigenvalue weighted by Crippen LogP contribution is -2.44. The number of benzene rings is 2. The van der Waals surface area contributed by atoms with E-state index in [9.17, 15) is 14.0 Å². The monoisotopic (exact) mass is 506 g/mol. The molecule has 1 saturated carbocycles. The molecule has 0 atom stereocenters. The van der Waals surface area contributed by atoms with Gasteiger partial charge >= 0.3 is 0 Å². The third kappa shape index (κ3) is 5.69. The molecular formula is C29H35FN4O3. The van der Waals surface area contributed by atoms with Crippen molar-refractivity contribution in [2.24, 2.45) is 10.9 Å². The number of fused-ring (bicyclic) bond motifs is 1. The summed E-state index contributed by atoms with van der Waals surface area (Å²) in [6.07, 6.45) is 3.87. The predicted molar refractivity (Wildman–Crippen MR) is 143 cm³/mol. The molecule has 2 aromatic carbocycles. The molecule has 1 saturated heterocycles. The predicted octanol–water partition coefficient (Wildman–Crippen LogP) is 4.35. The van der Waals surface area contributed by atoms with Crippen molar-refractivity contribution in [3.05, 3.63) is 59.4 Å². The van der Waals surface area contributed by atoms with Gasteiger partial charge in [0.05, 0.1) is 13.2 Å². The number of anilines is 2. The number of aliphatic imine (C=N–C) groups is 1. The summed E-state index contributed by atoms with van der Waals surface area (Å²) < 4.78 is 18.9. The van der Waals surface area contributed by atoms with E-state index in [2.05, 4.69) is 38.3 Å². The van der Waals surface area contributed by atoms with Crippen molar-refractivity contribution < 1.29 is 18.7 Å². The fourth-order valence-corrected chi connectivity index (χ4v) is 5.61. The van der Waals surface area contributed by atoms with E-state index in [4.69, 9.17) is 4.74 Å². The van der Waals surface area contributed by atoms with Crippen LogP contribution in [0.15, 0.2) is 47.5 Å². The van der Waals surface area contributed by atoms with Crippen LogP contribution in [0.3, 0.4) is 0 Å². The summed E-state index contributed by atoms with van der Waals surface area (Å²) in [6, 6.07) is 12.3. The topological polar surface area (TPSA) is 74.2 Å². The van der Waals surface area contributed by atoms with Crippen LogP contribution in [0.1, 0.15) is 55.5 Å². The van der Waals surface area contributed by atoms with Crippen molar-refractivity contribution in [2.45, 2.75) is 58.0 Å². The van der Waals surface area contributed by atoms with Gasteiger partial charge < -0.3 is 19.9 Å². The maximum Gasteiger partial charge on any atom is 0.278 e. The Hall–Kier alpha value is -3.26. The first-order valence-corrected chi connectivity index (χ1v) is 13.3. The van der Waals surface area contributed by atoms with Gasteiger partial charge in [0.1, 0.15) is 11.7 Å². The normalized spacial score (nSPS) is 22.9. The van der Waals surface area contributed by atoms with Crippen molar-refractivity contribution in [1.82, 2.24) is 5.32 Å². The van der Waals surface area contributed by atoms with Gasteiger partial charge in [0.25, 0.3) is 5.91 Å². The number of nitrogens with one attached hydrogen (secondary N) is 1. The molecular weight excluding hydrogens is 471 g/mol. The van der Waals surface area contributed by atoms with Gasteiger partial charge in [0.2, 0.25) is 5.91 Å². The average Bonchev–Trinajstić information content (AvgIpc) is 3.26. The van der Waals surface area contributed by atoms with Gasteiger partial charge in [-0.1, -0.05) is 6.07 Å². The molecule has 2 aliphatic heterocycles. The number of rotatable bonds is 5.